The Hall–Kier alpha value is 0. The Kier molecular flexibility index (Phi) is 22.8. The van der Waals surface area contributed by atoms with Crippen molar-refractivity contribution in [2.45, 2.75) is 280 Å². The minimum Gasteiger partial charge on any atom is -0.0651 e. The van der Waals surface area contributed by atoms with E-state index >= 15 is 0 Å². The van der Waals surface area contributed by atoms with Crippen LogP contribution in [-0.2, 0) is 0 Å². The number of hydrogen-bond donors (Lipinski definition) is 0. The smallest absolute Gasteiger partial charge is 0.0297 e. The van der Waals surface area contributed by atoms with Gasteiger partial charge in [0.05, 0.1) is 0 Å². The van der Waals surface area contributed by atoms with E-state index < -0.39 is 0 Å². The Bertz CT molecular complexity index is 1150. The Morgan fingerprint density at radius 1 is 0.397 bits per heavy atom. The van der Waals surface area contributed by atoms with E-state index in [1.165, 1.54) is 127 Å². The second-order valence-electron chi connectivity index (χ2n) is 29.1. The van der Waals surface area contributed by atoms with Crippen LogP contribution in [0.15, 0.2) is 0 Å². The Balaban J connectivity index is 0.000000189. The predicted octanol–water partition coefficient (Wildman–Crippen LogP) is 21.1. The highest BCUT2D eigenvalue weighted by Crippen LogP contribution is 2.60. The molecule has 0 heterocycles. The van der Waals surface area contributed by atoms with Gasteiger partial charge in [-0.3, -0.25) is 0 Å². The third-order valence-corrected chi connectivity index (χ3v) is 20.6. The topological polar surface area (TPSA) is 0 Å². The summed E-state index contributed by atoms with van der Waals surface area (Å²) in [7, 11) is 0. The van der Waals surface area contributed by atoms with Crippen LogP contribution in [0.1, 0.15) is 280 Å². The number of rotatable bonds is 4. The van der Waals surface area contributed by atoms with E-state index in [2.05, 4.69) is 145 Å². The molecule has 0 bridgehead atoms. The van der Waals surface area contributed by atoms with Crippen molar-refractivity contribution in [3.8, 4) is 0 Å². The third-order valence-electron chi connectivity index (χ3n) is 20.6. The molecule has 11 aliphatic carbocycles. The summed E-state index contributed by atoms with van der Waals surface area (Å²) in [6.45, 7) is 49.2. The zero-order chi connectivity index (χ0) is 47.7. The Morgan fingerprint density at radius 2 is 0.810 bits per heavy atom. The maximum absolute atomic E-state index is 2.44. The minimum absolute atomic E-state index is 0.681. The normalized spacial score (nSPS) is 40.4. The molecule has 8 unspecified atom stereocenters. The van der Waals surface area contributed by atoms with Gasteiger partial charge < -0.3 is 0 Å². The molecule has 11 saturated carbocycles. The first-order valence-corrected chi connectivity index (χ1v) is 29.1. The fraction of sp³-hybridized carbons (Fsp3) is 1.00. The van der Waals surface area contributed by atoms with E-state index in [0.717, 1.165) is 94.2 Å². The van der Waals surface area contributed by atoms with Crippen LogP contribution in [0.3, 0.4) is 0 Å². The highest BCUT2D eigenvalue weighted by atomic mass is 14.5. The zero-order valence-electron chi connectivity index (χ0n) is 47.7. The lowest BCUT2D eigenvalue weighted by Crippen LogP contribution is -2.31. The van der Waals surface area contributed by atoms with Crippen molar-refractivity contribution in [3.63, 3.8) is 0 Å². The molecule has 374 valence electrons. The van der Waals surface area contributed by atoms with E-state index in [-0.39, 0.29) is 0 Å². The first-order valence-electron chi connectivity index (χ1n) is 29.1. The molecule has 0 amide bonds. The second-order valence-corrected chi connectivity index (χ2v) is 29.1. The van der Waals surface area contributed by atoms with Gasteiger partial charge in [0.25, 0.3) is 0 Å². The van der Waals surface area contributed by atoms with E-state index in [1.807, 2.05) is 0 Å². The largest absolute Gasteiger partial charge is 0.0651 e. The van der Waals surface area contributed by atoms with E-state index in [9.17, 15) is 0 Å². The molecule has 0 spiro atoms. The highest BCUT2D eigenvalue weighted by molar-refractivity contribution is 5.00. The summed E-state index contributed by atoms with van der Waals surface area (Å²) < 4.78 is 0. The van der Waals surface area contributed by atoms with Crippen molar-refractivity contribution >= 4 is 0 Å². The van der Waals surface area contributed by atoms with Crippen LogP contribution in [0.4, 0.5) is 0 Å². The highest BCUT2D eigenvalue weighted by Gasteiger charge is 2.49. The van der Waals surface area contributed by atoms with Gasteiger partial charge in [0.2, 0.25) is 0 Å². The van der Waals surface area contributed by atoms with Crippen molar-refractivity contribution in [3.05, 3.63) is 0 Å². The molecule has 11 fully saturated rings. The third kappa shape index (κ3) is 20.6. The maximum atomic E-state index is 2.44. The Labute approximate surface area is 400 Å². The number of hydrogen-bond acceptors (Lipinski definition) is 0. The standard InChI is InChI=1S/2C7H12.7C7H14/c1-7(4-5-7)6-2-3-6;1-5-4-7(5)6-2-3-6;2*1-6-4-7(2,3)5-6;1-6-4-5-7(6,2)3;2*1-5-4-6(2)7(5)3;1-3-7-4-6(2)5-7;1-3-7-5-4-6(7)2/h6H,2-5H2,1H3;5-7H,2-4H2,1H3;3*6H,4-5H2,1-3H3;2*5-7H,4H2,1-3H3;2*6-7H,3-5H2,1-2H3/t;5-,7?;;;;5-,6?,7?;;;/m.0...0.../s1. The maximum Gasteiger partial charge on any atom is -0.0297 e. The van der Waals surface area contributed by atoms with Crippen LogP contribution >= 0.6 is 0 Å². The molecule has 10 atom stereocenters. The van der Waals surface area contributed by atoms with Crippen LogP contribution in [0.5, 0.6) is 0 Å². The van der Waals surface area contributed by atoms with Gasteiger partial charge in [0.1, 0.15) is 0 Å². The summed E-state index contributed by atoms with van der Waals surface area (Å²) in [6, 6.07) is 0. The van der Waals surface area contributed by atoms with Crippen LogP contribution < -0.4 is 0 Å². The Morgan fingerprint density at radius 3 is 0.857 bits per heavy atom. The van der Waals surface area contributed by atoms with Crippen LogP contribution in [0, 0.1) is 122 Å². The fourth-order valence-corrected chi connectivity index (χ4v) is 13.1. The lowest BCUT2D eigenvalue weighted by atomic mass is 9.64. The second kappa shape index (κ2) is 25.0. The van der Waals surface area contributed by atoms with Gasteiger partial charge in [-0.15, -0.1) is 0 Å². The monoisotopic (exact) mass is 879 g/mol. The van der Waals surface area contributed by atoms with Gasteiger partial charge >= 0.3 is 0 Å². The molecule has 0 saturated heterocycles. The summed E-state index contributed by atoms with van der Waals surface area (Å²) in [5, 5.41) is 0. The average molecular weight is 880 g/mol. The van der Waals surface area contributed by atoms with Gasteiger partial charge in [-0.25, -0.2) is 0 Å². The first-order chi connectivity index (χ1) is 29.1. The molecule has 0 aromatic heterocycles. The van der Waals surface area contributed by atoms with Crippen LogP contribution in [0.2, 0.25) is 0 Å². The molecule has 11 aliphatic rings. The first kappa shape index (κ1) is 57.3. The zero-order valence-corrected chi connectivity index (χ0v) is 47.7. The molecule has 63 heavy (non-hydrogen) atoms. The lowest BCUT2D eigenvalue weighted by Gasteiger charge is -2.42. The molecule has 0 aliphatic heterocycles. The summed E-state index contributed by atoms with van der Waals surface area (Å²) in [6.07, 6.45) is 31.1. The van der Waals surface area contributed by atoms with Gasteiger partial charge in [0.15, 0.2) is 0 Å². The molecule has 0 radical (unpaired) electrons. The fourth-order valence-electron chi connectivity index (χ4n) is 13.1. The summed E-state index contributed by atoms with van der Waals surface area (Å²) in [4.78, 5) is 0. The van der Waals surface area contributed by atoms with Crippen LogP contribution in [-0.4, -0.2) is 0 Å². The summed E-state index contributed by atoms with van der Waals surface area (Å²) in [5.74, 6) is 17.9. The quantitative estimate of drug-likeness (QED) is 0.264. The van der Waals surface area contributed by atoms with Crippen molar-refractivity contribution in [1.82, 2.24) is 0 Å². The SMILES string of the molecule is CC1(C2CC2)CC1.CC1CC(C)(C)C1.CC1CC(C)(C)C1.CC1CC(C)C1C.CC1CCC1(C)C.CC1C[C@H](C)C1C.CCC1CC(C)C1.CCC1CCC1C.C[C@H]1CC1C1CC1. The van der Waals surface area contributed by atoms with Crippen molar-refractivity contribution in [1.29, 1.82) is 0 Å². The molecular weight excluding hydrogens is 757 g/mol. The summed E-state index contributed by atoms with van der Waals surface area (Å²) in [5.41, 5.74) is 2.93. The molecule has 0 heteroatoms. The van der Waals surface area contributed by atoms with E-state index in [0.29, 0.717) is 16.2 Å². The predicted molar refractivity (Wildman–Crippen MR) is 285 cm³/mol. The molecule has 0 nitrogen and oxygen atoms in total. The molecule has 0 N–H and O–H groups in total. The van der Waals surface area contributed by atoms with Gasteiger partial charge in [0, 0.05) is 0 Å². The molecular formula is C63H122. The van der Waals surface area contributed by atoms with E-state index in [1.54, 1.807) is 19.3 Å². The molecule has 0 aromatic carbocycles. The minimum atomic E-state index is 0.681. The van der Waals surface area contributed by atoms with Crippen molar-refractivity contribution < 1.29 is 0 Å². The van der Waals surface area contributed by atoms with Crippen LogP contribution in [0.25, 0.3) is 0 Å². The van der Waals surface area contributed by atoms with Crippen molar-refractivity contribution in [2.75, 3.05) is 0 Å². The summed E-state index contributed by atoms with van der Waals surface area (Å²) >= 11 is 0. The lowest BCUT2D eigenvalue weighted by molar-refractivity contribution is 0.0892. The van der Waals surface area contributed by atoms with Gasteiger partial charge in [-0.05, 0) is 238 Å². The molecule has 11 rings (SSSR count). The van der Waals surface area contributed by atoms with Gasteiger partial charge in [-0.1, -0.05) is 165 Å². The van der Waals surface area contributed by atoms with E-state index in [4.69, 9.17) is 0 Å². The average Bonchev–Trinajstić information content (AvgIpc) is 3.97. The molecule has 0 aromatic rings. The van der Waals surface area contributed by atoms with Crippen molar-refractivity contribution in [2.24, 2.45) is 122 Å². The van der Waals surface area contributed by atoms with Gasteiger partial charge in [-0.2, -0.15) is 0 Å².